The van der Waals surface area contributed by atoms with E-state index in [1.807, 2.05) is 55.8 Å². The van der Waals surface area contributed by atoms with E-state index in [0.29, 0.717) is 18.3 Å². The summed E-state index contributed by atoms with van der Waals surface area (Å²) in [4.78, 5) is 0. The molecule has 0 fully saturated rings. The Kier molecular flexibility index (Phi) is 6.26. The molecule has 7 heteroatoms. The quantitative estimate of drug-likeness (QED) is 0.579. The van der Waals surface area contributed by atoms with Gasteiger partial charge in [-0.25, -0.2) is 4.39 Å². The highest BCUT2D eigenvalue weighted by Gasteiger charge is 2.13. The Bertz CT molecular complexity index is 969. The highest BCUT2D eigenvalue weighted by molar-refractivity contribution is 7.80. The van der Waals surface area contributed by atoms with Gasteiger partial charge in [-0.05, 0) is 75.0 Å². The minimum absolute atomic E-state index is 0.252. The van der Waals surface area contributed by atoms with Crippen LogP contribution < -0.4 is 15.4 Å². The number of ether oxygens (including phenoxy) is 1. The van der Waals surface area contributed by atoms with E-state index < -0.39 is 0 Å². The summed E-state index contributed by atoms with van der Waals surface area (Å²) in [7, 11) is 0. The molecule has 2 N–H and O–H groups in total. The maximum absolute atomic E-state index is 13.4. The van der Waals surface area contributed by atoms with Crippen molar-refractivity contribution >= 4 is 28.7 Å². The first kappa shape index (κ1) is 19.8. The van der Waals surface area contributed by atoms with Gasteiger partial charge in [0.2, 0.25) is 0 Å². The number of aryl methyl sites for hydroxylation is 1. The van der Waals surface area contributed by atoms with Gasteiger partial charge in [0, 0.05) is 5.69 Å². The number of thiocarbonyl (C=S) groups is 1. The van der Waals surface area contributed by atoms with Crippen molar-refractivity contribution in [1.29, 1.82) is 0 Å². The highest BCUT2D eigenvalue weighted by atomic mass is 32.1. The van der Waals surface area contributed by atoms with Crippen molar-refractivity contribution in [3.8, 4) is 5.75 Å². The van der Waals surface area contributed by atoms with Crippen LogP contribution in [0.3, 0.4) is 0 Å². The zero-order valence-electron chi connectivity index (χ0n) is 16.1. The molecule has 3 aromatic rings. The molecule has 5 nitrogen and oxygen atoms in total. The van der Waals surface area contributed by atoms with Crippen molar-refractivity contribution < 1.29 is 9.13 Å². The van der Waals surface area contributed by atoms with E-state index in [-0.39, 0.29) is 5.82 Å². The molecular weight excluding hydrogens is 375 g/mol. The second-order valence-electron chi connectivity index (χ2n) is 6.37. The van der Waals surface area contributed by atoms with E-state index in [1.54, 1.807) is 6.07 Å². The van der Waals surface area contributed by atoms with E-state index in [9.17, 15) is 4.39 Å². The Labute approximate surface area is 169 Å². The Balaban J connectivity index is 1.68. The first-order chi connectivity index (χ1) is 13.5. The number of halogens is 1. The Hall–Kier alpha value is -2.93. The maximum atomic E-state index is 13.4. The molecule has 0 saturated heterocycles. The third kappa shape index (κ3) is 4.86. The fourth-order valence-corrected chi connectivity index (χ4v) is 3.14. The number of hydrogen-bond acceptors (Lipinski definition) is 3. The molecule has 0 spiro atoms. The minimum Gasteiger partial charge on any atom is -0.494 e. The van der Waals surface area contributed by atoms with Gasteiger partial charge in [-0.3, -0.25) is 4.68 Å². The van der Waals surface area contributed by atoms with Crippen molar-refractivity contribution in [2.45, 2.75) is 27.3 Å². The van der Waals surface area contributed by atoms with Gasteiger partial charge in [-0.2, -0.15) is 5.10 Å². The number of nitrogens with one attached hydrogen (secondary N) is 2. The minimum atomic E-state index is -0.252. The zero-order chi connectivity index (χ0) is 20.1. The maximum Gasteiger partial charge on any atom is 0.175 e. The zero-order valence-corrected chi connectivity index (χ0v) is 16.9. The van der Waals surface area contributed by atoms with Crippen LogP contribution in [-0.4, -0.2) is 21.5 Å². The molecule has 1 heterocycles. The summed E-state index contributed by atoms with van der Waals surface area (Å²) in [5, 5.41) is 11.4. The van der Waals surface area contributed by atoms with Crippen molar-refractivity contribution in [2.75, 3.05) is 17.2 Å². The standard InChI is InChI=1S/C21H23FN4OS/c1-4-27-19-10-8-18(9-11-19)23-21(28)24-20-14(2)25-26(15(20)3)13-16-6-5-7-17(22)12-16/h5-12H,4,13H2,1-3H3,(H2,23,24,28). The van der Waals surface area contributed by atoms with Crippen LogP contribution in [0.25, 0.3) is 0 Å². The van der Waals surface area contributed by atoms with Gasteiger partial charge in [-0.15, -0.1) is 0 Å². The Morgan fingerprint density at radius 1 is 1.14 bits per heavy atom. The summed E-state index contributed by atoms with van der Waals surface area (Å²) < 4.78 is 20.7. The summed E-state index contributed by atoms with van der Waals surface area (Å²) in [5.41, 5.74) is 4.32. The molecule has 0 aliphatic rings. The lowest BCUT2D eigenvalue weighted by Crippen LogP contribution is -2.20. The predicted octanol–water partition coefficient (Wildman–Crippen LogP) is 4.89. The molecule has 2 aromatic carbocycles. The van der Waals surface area contributed by atoms with Crippen LogP contribution in [-0.2, 0) is 6.54 Å². The van der Waals surface area contributed by atoms with Crippen LogP contribution in [0.4, 0.5) is 15.8 Å². The predicted molar refractivity (Wildman–Crippen MR) is 115 cm³/mol. The van der Waals surface area contributed by atoms with Crippen LogP contribution in [0.15, 0.2) is 48.5 Å². The first-order valence-electron chi connectivity index (χ1n) is 9.05. The van der Waals surface area contributed by atoms with E-state index in [1.165, 1.54) is 12.1 Å². The molecule has 0 aliphatic carbocycles. The van der Waals surface area contributed by atoms with Crippen LogP contribution in [0, 0.1) is 19.7 Å². The second-order valence-corrected chi connectivity index (χ2v) is 6.78. The van der Waals surface area contributed by atoms with Gasteiger partial charge in [-0.1, -0.05) is 12.1 Å². The number of aromatic nitrogens is 2. The molecule has 0 bridgehead atoms. The molecule has 0 radical (unpaired) electrons. The molecule has 1 aromatic heterocycles. The van der Waals surface area contributed by atoms with Gasteiger partial charge in [0.25, 0.3) is 0 Å². The Morgan fingerprint density at radius 3 is 2.57 bits per heavy atom. The fourth-order valence-electron chi connectivity index (χ4n) is 2.92. The van der Waals surface area contributed by atoms with E-state index in [4.69, 9.17) is 17.0 Å². The molecule has 0 aliphatic heterocycles. The Morgan fingerprint density at radius 2 is 1.89 bits per heavy atom. The number of hydrogen-bond donors (Lipinski definition) is 2. The van der Waals surface area contributed by atoms with E-state index in [0.717, 1.165) is 34.1 Å². The van der Waals surface area contributed by atoms with Crippen molar-refractivity contribution in [1.82, 2.24) is 9.78 Å². The monoisotopic (exact) mass is 398 g/mol. The van der Waals surface area contributed by atoms with Gasteiger partial charge < -0.3 is 15.4 Å². The molecule has 3 rings (SSSR count). The van der Waals surface area contributed by atoms with Gasteiger partial charge in [0.05, 0.1) is 30.2 Å². The number of rotatable bonds is 6. The van der Waals surface area contributed by atoms with Crippen LogP contribution in [0.5, 0.6) is 5.75 Å². The lowest BCUT2D eigenvalue weighted by atomic mass is 10.2. The smallest absolute Gasteiger partial charge is 0.175 e. The molecule has 146 valence electrons. The molecule has 0 amide bonds. The molecule has 0 unspecified atom stereocenters. The fraction of sp³-hybridized carbons (Fsp3) is 0.238. The topological polar surface area (TPSA) is 51.1 Å². The number of nitrogens with zero attached hydrogens (tertiary/aromatic N) is 2. The lowest BCUT2D eigenvalue weighted by Gasteiger charge is -2.12. The van der Waals surface area contributed by atoms with Crippen molar-refractivity contribution in [2.24, 2.45) is 0 Å². The number of anilines is 2. The third-order valence-corrected chi connectivity index (χ3v) is 4.47. The molecule has 28 heavy (non-hydrogen) atoms. The summed E-state index contributed by atoms with van der Waals surface area (Å²) in [6.45, 7) is 6.94. The lowest BCUT2D eigenvalue weighted by molar-refractivity contribution is 0.340. The van der Waals surface area contributed by atoms with Gasteiger partial charge >= 0.3 is 0 Å². The summed E-state index contributed by atoms with van der Waals surface area (Å²) in [6.07, 6.45) is 0. The molecular formula is C21H23FN4OS. The van der Waals surface area contributed by atoms with Gasteiger partial charge in [0.15, 0.2) is 5.11 Å². The van der Waals surface area contributed by atoms with E-state index >= 15 is 0 Å². The second kappa shape index (κ2) is 8.84. The van der Waals surface area contributed by atoms with Crippen molar-refractivity contribution in [3.05, 3.63) is 71.3 Å². The highest BCUT2D eigenvalue weighted by Crippen LogP contribution is 2.22. The summed E-state index contributed by atoms with van der Waals surface area (Å²) >= 11 is 5.44. The van der Waals surface area contributed by atoms with E-state index in [2.05, 4.69) is 15.7 Å². The molecule has 0 saturated carbocycles. The first-order valence-corrected chi connectivity index (χ1v) is 9.46. The summed E-state index contributed by atoms with van der Waals surface area (Å²) in [5.74, 6) is 0.565. The number of benzene rings is 2. The van der Waals surface area contributed by atoms with Gasteiger partial charge in [0.1, 0.15) is 11.6 Å². The van der Waals surface area contributed by atoms with Crippen molar-refractivity contribution in [3.63, 3.8) is 0 Å². The van der Waals surface area contributed by atoms with Crippen LogP contribution >= 0.6 is 12.2 Å². The SMILES string of the molecule is CCOc1ccc(NC(=S)Nc2c(C)nn(Cc3cccc(F)c3)c2C)cc1. The average molecular weight is 399 g/mol. The molecule has 0 atom stereocenters. The largest absolute Gasteiger partial charge is 0.494 e. The van der Waals surface area contributed by atoms with Crippen LogP contribution in [0.2, 0.25) is 0 Å². The van der Waals surface area contributed by atoms with Crippen LogP contribution in [0.1, 0.15) is 23.9 Å². The normalized spacial score (nSPS) is 10.6. The average Bonchev–Trinajstić information content (AvgIpc) is 2.91. The third-order valence-electron chi connectivity index (χ3n) is 4.26. The summed E-state index contributed by atoms with van der Waals surface area (Å²) in [6, 6.07) is 14.1.